The average molecular weight is 340 g/mol. The van der Waals surface area contributed by atoms with Gasteiger partial charge in [-0.3, -0.25) is 5.43 Å². The number of rotatable bonds is 5. The minimum atomic E-state index is -1.34. The van der Waals surface area contributed by atoms with E-state index in [1.54, 1.807) is 42.6 Å². The van der Waals surface area contributed by atoms with Crippen LogP contribution in [0.4, 0.5) is 0 Å². The van der Waals surface area contributed by atoms with Crippen molar-refractivity contribution in [1.82, 2.24) is 10.4 Å². The van der Waals surface area contributed by atoms with Gasteiger partial charge in [0.1, 0.15) is 5.75 Å². The molecule has 2 rings (SSSR count). The summed E-state index contributed by atoms with van der Waals surface area (Å²) >= 11 is 0. The minimum Gasteiger partial charge on any atom is -0.481 e. The third kappa shape index (κ3) is 4.89. The molecule has 128 valence electrons. The van der Waals surface area contributed by atoms with Gasteiger partial charge in [-0.1, -0.05) is 11.8 Å². The number of carbonyl (C=O) groups is 1. The summed E-state index contributed by atoms with van der Waals surface area (Å²) in [6.07, 6.45) is 1.61. The Labute approximate surface area is 144 Å². The standard InChI is InChI=1S/C17H16N4O4/c1-24-14-10-12(8-9-20-14)3-2-11-4-6-13(7-5-11)25-16(21-19)15(18)17(22)23/h4-10,21H,18-19H2,1H3,(H,22,23)/b16-15+. The summed E-state index contributed by atoms with van der Waals surface area (Å²) in [5, 5.41) is 8.83. The predicted molar refractivity (Wildman–Crippen MR) is 90.0 cm³/mol. The van der Waals surface area contributed by atoms with Crippen molar-refractivity contribution in [2.24, 2.45) is 11.6 Å². The number of aliphatic carboxylic acids is 1. The number of pyridine rings is 1. The van der Waals surface area contributed by atoms with Gasteiger partial charge in [0.25, 0.3) is 0 Å². The summed E-state index contributed by atoms with van der Waals surface area (Å²) in [6, 6.07) is 10.2. The molecule has 8 heteroatoms. The van der Waals surface area contributed by atoms with Gasteiger partial charge in [-0.25, -0.2) is 15.6 Å². The first-order valence-electron chi connectivity index (χ1n) is 7.03. The normalized spacial score (nSPS) is 10.8. The molecule has 0 saturated carbocycles. The number of ether oxygens (including phenoxy) is 2. The summed E-state index contributed by atoms with van der Waals surface area (Å²) < 4.78 is 10.3. The van der Waals surface area contributed by atoms with Crippen molar-refractivity contribution < 1.29 is 19.4 Å². The summed E-state index contributed by atoms with van der Waals surface area (Å²) in [4.78, 5) is 14.8. The van der Waals surface area contributed by atoms with Crippen LogP contribution >= 0.6 is 0 Å². The van der Waals surface area contributed by atoms with Gasteiger partial charge in [0, 0.05) is 23.4 Å². The van der Waals surface area contributed by atoms with Crippen molar-refractivity contribution >= 4 is 5.97 Å². The highest BCUT2D eigenvalue weighted by molar-refractivity contribution is 5.85. The molecule has 0 atom stereocenters. The Balaban J connectivity index is 2.14. The fraction of sp³-hybridized carbons (Fsp3) is 0.0588. The van der Waals surface area contributed by atoms with E-state index < -0.39 is 11.7 Å². The quantitative estimate of drug-likeness (QED) is 0.204. The highest BCUT2D eigenvalue weighted by Crippen LogP contribution is 2.15. The van der Waals surface area contributed by atoms with Crippen LogP contribution in [0.15, 0.2) is 54.2 Å². The predicted octanol–water partition coefficient (Wildman–Crippen LogP) is 0.545. The first-order chi connectivity index (χ1) is 12.0. The summed E-state index contributed by atoms with van der Waals surface area (Å²) in [5.41, 5.74) is 8.44. The van der Waals surface area contributed by atoms with Crippen LogP contribution in [0, 0.1) is 11.8 Å². The zero-order valence-corrected chi connectivity index (χ0v) is 13.3. The van der Waals surface area contributed by atoms with Crippen LogP contribution in [0.1, 0.15) is 11.1 Å². The Morgan fingerprint density at radius 1 is 1.20 bits per heavy atom. The van der Waals surface area contributed by atoms with Gasteiger partial charge >= 0.3 is 5.97 Å². The molecule has 0 aliphatic rings. The van der Waals surface area contributed by atoms with Crippen LogP contribution in [0.3, 0.4) is 0 Å². The molecule has 8 nitrogen and oxygen atoms in total. The Hall–Kier alpha value is -3.70. The Bertz CT molecular complexity index is 851. The van der Waals surface area contributed by atoms with Crippen molar-refractivity contribution in [3.05, 3.63) is 65.3 Å². The molecule has 0 amide bonds. The zero-order valence-electron chi connectivity index (χ0n) is 13.3. The molecule has 6 N–H and O–H groups in total. The second kappa shape index (κ2) is 8.24. The van der Waals surface area contributed by atoms with E-state index in [1.807, 2.05) is 0 Å². The largest absolute Gasteiger partial charge is 0.481 e. The SMILES string of the molecule is COc1cc(C#Cc2ccc(O/C(NN)=C(/N)C(=O)O)cc2)ccn1. The fourth-order valence-corrected chi connectivity index (χ4v) is 1.73. The van der Waals surface area contributed by atoms with E-state index >= 15 is 0 Å². The number of benzene rings is 1. The van der Waals surface area contributed by atoms with Gasteiger partial charge in [-0.15, -0.1) is 0 Å². The van der Waals surface area contributed by atoms with E-state index in [9.17, 15) is 4.79 Å². The summed E-state index contributed by atoms with van der Waals surface area (Å²) in [6.45, 7) is 0. The topological polar surface area (TPSA) is 133 Å². The lowest BCUT2D eigenvalue weighted by atomic mass is 10.2. The first kappa shape index (κ1) is 17.7. The van der Waals surface area contributed by atoms with Crippen LogP contribution in [-0.2, 0) is 4.79 Å². The van der Waals surface area contributed by atoms with Crippen molar-refractivity contribution in [2.75, 3.05) is 7.11 Å². The van der Waals surface area contributed by atoms with Crippen molar-refractivity contribution in [2.45, 2.75) is 0 Å². The lowest BCUT2D eigenvalue weighted by Crippen LogP contribution is -2.31. The molecule has 0 bridgehead atoms. The van der Waals surface area contributed by atoms with E-state index in [2.05, 4.69) is 22.3 Å². The molecular weight excluding hydrogens is 324 g/mol. The van der Waals surface area contributed by atoms with Gasteiger partial charge in [-0.05, 0) is 30.3 Å². The van der Waals surface area contributed by atoms with E-state index in [4.69, 9.17) is 26.2 Å². The van der Waals surface area contributed by atoms with Gasteiger partial charge < -0.3 is 20.3 Å². The molecule has 0 unspecified atom stereocenters. The second-order valence-electron chi connectivity index (χ2n) is 4.66. The Morgan fingerprint density at radius 3 is 2.48 bits per heavy atom. The molecule has 0 fully saturated rings. The molecule has 0 radical (unpaired) electrons. The van der Waals surface area contributed by atoms with E-state index in [0.29, 0.717) is 11.6 Å². The van der Waals surface area contributed by atoms with E-state index in [-0.39, 0.29) is 5.88 Å². The number of aromatic nitrogens is 1. The summed E-state index contributed by atoms with van der Waals surface area (Å²) in [7, 11) is 1.54. The molecule has 1 aromatic carbocycles. The molecule has 1 aromatic heterocycles. The maximum atomic E-state index is 10.8. The lowest BCUT2D eigenvalue weighted by Gasteiger charge is -2.10. The zero-order chi connectivity index (χ0) is 18.2. The van der Waals surface area contributed by atoms with Gasteiger partial charge in [0.2, 0.25) is 11.8 Å². The molecular formula is C17H16N4O4. The number of hydrogen-bond acceptors (Lipinski definition) is 7. The Kier molecular flexibility index (Phi) is 5.81. The monoisotopic (exact) mass is 340 g/mol. The molecule has 2 aromatic rings. The average Bonchev–Trinajstić information content (AvgIpc) is 2.65. The van der Waals surface area contributed by atoms with Gasteiger partial charge in [-0.2, -0.15) is 0 Å². The number of nitrogens with zero attached hydrogens (tertiary/aromatic N) is 1. The summed E-state index contributed by atoms with van der Waals surface area (Å²) in [5.74, 6) is 10.4. The number of hydrogen-bond donors (Lipinski definition) is 4. The van der Waals surface area contributed by atoms with Gasteiger partial charge in [0.15, 0.2) is 5.70 Å². The third-order valence-corrected chi connectivity index (χ3v) is 2.98. The van der Waals surface area contributed by atoms with Gasteiger partial charge in [0.05, 0.1) is 7.11 Å². The first-order valence-corrected chi connectivity index (χ1v) is 7.03. The molecule has 0 spiro atoms. The Morgan fingerprint density at radius 2 is 1.88 bits per heavy atom. The maximum absolute atomic E-state index is 10.8. The highest BCUT2D eigenvalue weighted by Gasteiger charge is 2.11. The number of carboxylic acid groups (broad SMARTS) is 1. The third-order valence-electron chi connectivity index (χ3n) is 2.98. The lowest BCUT2D eigenvalue weighted by molar-refractivity contribution is -0.132. The molecule has 1 heterocycles. The van der Waals surface area contributed by atoms with Crippen LogP contribution < -0.4 is 26.5 Å². The minimum absolute atomic E-state index is 0.254. The second-order valence-corrected chi connectivity index (χ2v) is 4.66. The number of nitrogens with two attached hydrogens (primary N) is 2. The van der Waals surface area contributed by atoms with Crippen LogP contribution in [-0.4, -0.2) is 23.2 Å². The number of methoxy groups -OCH3 is 1. The van der Waals surface area contributed by atoms with Crippen LogP contribution in [0.25, 0.3) is 0 Å². The van der Waals surface area contributed by atoms with Crippen LogP contribution in [0.2, 0.25) is 0 Å². The molecule has 0 aliphatic heterocycles. The number of nitrogens with one attached hydrogen (secondary N) is 1. The van der Waals surface area contributed by atoms with Crippen molar-refractivity contribution in [1.29, 1.82) is 0 Å². The highest BCUT2D eigenvalue weighted by atomic mass is 16.5. The molecule has 25 heavy (non-hydrogen) atoms. The number of hydrazine groups is 1. The molecule has 0 aliphatic carbocycles. The maximum Gasteiger partial charge on any atom is 0.357 e. The number of carboxylic acids is 1. The van der Waals surface area contributed by atoms with E-state index in [0.717, 1.165) is 11.1 Å². The van der Waals surface area contributed by atoms with Crippen molar-refractivity contribution in [3.8, 4) is 23.5 Å². The fourth-order valence-electron chi connectivity index (χ4n) is 1.73. The van der Waals surface area contributed by atoms with E-state index in [1.165, 1.54) is 7.11 Å². The van der Waals surface area contributed by atoms with Crippen molar-refractivity contribution in [3.63, 3.8) is 0 Å². The molecule has 0 saturated heterocycles. The van der Waals surface area contributed by atoms with Crippen LogP contribution in [0.5, 0.6) is 11.6 Å². The smallest absolute Gasteiger partial charge is 0.357 e.